The van der Waals surface area contributed by atoms with Crippen molar-refractivity contribution in [1.82, 2.24) is 5.32 Å². The summed E-state index contributed by atoms with van der Waals surface area (Å²) in [5.41, 5.74) is 2.83. The molecular weight excluding hydrogens is 548 g/mol. The Morgan fingerprint density at radius 2 is 1.73 bits per heavy atom. The van der Waals surface area contributed by atoms with E-state index >= 15 is 0 Å². The summed E-state index contributed by atoms with van der Waals surface area (Å²) in [6, 6.07) is 21.7. The van der Waals surface area contributed by atoms with E-state index in [4.69, 9.17) is 0 Å². The van der Waals surface area contributed by atoms with E-state index in [1.54, 1.807) is 73.7 Å². The number of carbonyl (C=O) groups is 3. The average molecular weight is 573 g/mol. The lowest BCUT2D eigenvalue weighted by atomic mass is 10.2. The Morgan fingerprint density at radius 1 is 0.975 bits per heavy atom. The molecule has 0 aliphatic heterocycles. The zero-order valence-electron chi connectivity index (χ0n) is 21.2. The van der Waals surface area contributed by atoms with Gasteiger partial charge in [0.05, 0.1) is 16.4 Å². The van der Waals surface area contributed by atoms with Crippen LogP contribution in [-0.4, -0.2) is 28.4 Å². The topological polar surface area (TPSA) is 130 Å². The lowest BCUT2D eigenvalue weighted by Crippen LogP contribution is -2.30. The van der Waals surface area contributed by atoms with E-state index < -0.39 is 16.7 Å². The molecule has 4 aromatic rings. The molecule has 0 unspecified atom stereocenters. The molecule has 9 nitrogen and oxygen atoms in total. The maximum absolute atomic E-state index is 13.1. The molecule has 3 aromatic carbocycles. The van der Waals surface area contributed by atoms with Gasteiger partial charge in [-0.25, -0.2) is 0 Å². The Balaban J connectivity index is 1.36. The van der Waals surface area contributed by atoms with Gasteiger partial charge >= 0.3 is 0 Å². The van der Waals surface area contributed by atoms with Gasteiger partial charge in [0.15, 0.2) is 0 Å². The van der Waals surface area contributed by atoms with E-state index in [1.807, 2.05) is 16.8 Å². The van der Waals surface area contributed by atoms with Gasteiger partial charge in [-0.1, -0.05) is 24.3 Å². The van der Waals surface area contributed by atoms with Gasteiger partial charge in [-0.05, 0) is 77.4 Å². The van der Waals surface area contributed by atoms with Crippen molar-refractivity contribution in [2.45, 2.75) is 11.8 Å². The van der Waals surface area contributed by atoms with Crippen molar-refractivity contribution in [3.63, 3.8) is 0 Å². The number of carbonyl (C=O) groups excluding carboxylic acids is 3. The Hall–Kier alpha value is -4.74. The fourth-order valence-corrected chi connectivity index (χ4v) is 4.81. The summed E-state index contributed by atoms with van der Waals surface area (Å²) < 4.78 is 0. The van der Waals surface area contributed by atoms with Crippen LogP contribution in [0.5, 0.6) is 0 Å². The summed E-state index contributed by atoms with van der Waals surface area (Å²) in [5, 5.41) is 23.0. The van der Waals surface area contributed by atoms with E-state index in [0.717, 1.165) is 16.0 Å². The van der Waals surface area contributed by atoms with Crippen molar-refractivity contribution in [2.75, 3.05) is 16.4 Å². The molecule has 0 atom stereocenters. The number of thioether (sulfide) groups is 1. The third kappa shape index (κ3) is 7.88. The second-order valence-corrected chi connectivity index (χ2v) is 10.3. The number of anilines is 2. The van der Waals surface area contributed by atoms with E-state index in [0.29, 0.717) is 16.9 Å². The molecule has 1 heterocycles. The van der Waals surface area contributed by atoms with E-state index in [-0.39, 0.29) is 23.0 Å². The Bertz CT molecular complexity index is 1550. The predicted octanol–water partition coefficient (Wildman–Crippen LogP) is 6.11. The first-order chi connectivity index (χ1) is 19.3. The van der Waals surface area contributed by atoms with Crippen molar-refractivity contribution >= 4 is 64.0 Å². The Labute approximate surface area is 238 Å². The van der Waals surface area contributed by atoms with Gasteiger partial charge < -0.3 is 16.0 Å². The lowest BCUT2D eigenvalue weighted by molar-refractivity contribution is -0.384. The van der Waals surface area contributed by atoms with Crippen LogP contribution in [0.25, 0.3) is 6.08 Å². The minimum absolute atomic E-state index is 0.0902. The van der Waals surface area contributed by atoms with Crippen LogP contribution in [0.3, 0.4) is 0 Å². The van der Waals surface area contributed by atoms with Crippen LogP contribution in [0.2, 0.25) is 0 Å². The lowest BCUT2D eigenvalue weighted by Gasteiger charge is -2.12. The molecule has 11 heteroatoms. The third-order valence-corrected chi connectivity index (χ3v) is 7.28. The maximum atomic E-state index is 13.1. The maximum Gasteiger partial charge on any atom is 0.272 e. The number of benzene rings is 3. The van der Waals surface area contributed by atoms with Crippen LogP contribution in [0.4, 0.5) is 17.1 Å². The summed E-state index contributed by atoms with van der Waals surface area (Å²) in [4.78, 5) is 49.5. The standard InChI is InChI=1S/C29H24N4O5S2/c1-19-7-10-23(33(37)38)16-25(19)31-27(34)18-40-24-11-8-22(9-12-24)30-29(36)26(15-20-13-14-39-17-20)32-28(35)21-5-3-2-4-6-21/h2-17H,18H2,1H3,(H,30,36)(H,31,34)(H,32,35)/b26-15-. The Morgan fingerprint density at radius 3 is 2.40 bits per heavy atom. The molecule has 0 bridgehead atoms. The molecule has 3 N–H and O–H groups in total. The number of thiophene rings is 1. The van der Waals surface area contributed by atoms with Crippen LogP contribution < -0.4 is 16.0 Å². The largest absolute Gasteiger partial charge is 0.325 e. The molecule has 0 aliphatic rings. The number of nitrogens with zero attached hydrogens (tertiary/aromatic N) is 1. The fraction of sp³-hybridized carbons (Fsp3) is 0.0690. The summed E-state index contributed by atoms with van der Waals surface area (Å²) in [5.74, 6) is -1.10. The SMILES string of the molecule is Cc1ccc([N+](=O)[O-])cc1NC(=O)CSc1ccc(NC(=O)/C(=C/c2ccsc2)NC(=O)c2ccccc2)cc1. The zero-order chi connectivity index (χ0) is 28.5. The van der Waals surface area contributed by atoms with Crippen LogP contribution in [-0.2, 0) is 9.59 Å². The molecule has 3 amide bonds. The molecule has 202 valence electrons. The smallest absolute Gasteiger partial charge is 0.272 e. The fourth-order valence-electron chi connectivity index (χ4n) is 3.49. The highest BCUT2D eigenvalue weighted by Gasteiger charge is 2.16. The third-order valence-electron chi connectivity index (χ3n) is 5.57. The Kier molecular flexibility index (Phi) is 9.44. The van der Waals surface area contributed by atoms with Crippen molar-refractivity contribution in [3.05, 3.63) is 122 Å². The minimum Gasteiger partial charge on any atom is -0.325 e. The van der Waals surface area contributed by atoms with Crippen molar-refractivity contribution in [1.29, 1.82) is 0 Å². The second-order valence-electron chi connectivity index (χ2n) is 8.51. The van der Waals surface area contributed by atoms with Gasteiger partial charge in [0.1, 0.15) is 5.70 Å². The number of aryl methyl sites for hydroxylation is 1. The van der Waals surface area contributed by atoms with Crippen molar-refractivity contribution in [3.8, 4) is 0 Å². The van der Waals surface area contributed by atoms with E-state index in [1.165, 1.54) is 35.2 Å². The number of hydrogen-bond donors (Lipinski definition) is 3. The molecule has 0 spiro atoms. The molecule has 0 fully saturated rings. The first-order valence-electron chi connectivity index (χ1n) is 12.0. The van der Waals surface area contributed by atoms with Gasteiger partial charge in [-0.3, -0.25) is 24.5 Å². The van der Waals surface area contributed by atoms with Crippen molar-refractivity contribution in [2.24, 2.45) is 0 Å². The molecule has 4 rings (SSSR count). The number of rotatable bonds is 10. The van der Waals surface area contributed by atoms with Crippen molar-refractivity contribution < 1.29 is 19.3 Å². The summed E-state index contributed by atoms with van der Waals surface area (Å²) in [7, 11) is 0. The first-order valence-corrected chi connectivity index (χ1v) is 13.9. The van der Waals surface area contributed by atoms with E-state index in [9.17, 15) is 24.5 Å². The molecule has 1 aromatic heterocycles. The van der Waals surface area contributed by atoms with Crippen LogP contribution in [0, 0.1) is 17.0 Å². The number of amides is 3. The molecule has 0 saturated carbocycles. The van der Waals surface area contributed by atoms with Gasteiger partial charge in [0.2, 0.25) is 5.91 Å². The van der Waals surface area contributed by atoms with Crippen LogP contribution in [0.1, 0.15) is 21.5 Å². The number of hydrogen-bond acceptors (Lipinski definition) is 7. The molecule has 40 heavy (non-hydrogen) atoms. The minimum atomic E-state index is -0.512. The van der Waals surface area contributed by atoms with E-state index in [2.05, 4.69) is 16.0 Å². The van der Waals surface area contributed by atoms with Gasteiger partial charge in [-0.2, -0.15) is 11.3 Å². The number of nitro groups is 1. The molecule has 0 saturated heterocycles. The monoisotopic (exact) mass is 572 g/mol. The molecule has 0 radical (unpaired) electrons. The van der Waals surface area contributed by atoms with Gasteiger partial charge in [0.25, 0.3) is 17.5 Å². The summed E-state index contributed by atoms with van der Waals surface area (Å²) in [6.07, 6.45) is 1.61. The quantitative estimate of drug-likeness (QED) is 0.0910. The average Bonchev–Trinajstić information content (AvgIpc) is 3.47. The zero-order valence-corrected chi connectivity index (χ0v) is 22.9. The summed E-state index contributed by atoms with van der Waals surface area (Å²) in [6.45, 7) is 1.76. The highest BCUT2D eigenvalue weighted by molar-refractivity contribution is 8.00. The number of nitrogens with one attached hydrogen (secondary N) is 3. The highest BCUT2D eigenvalue weighted by Crippen LogP contribution is 2.24. The normalized spacial score (nSPS) is 11.0. The first kappa shape index (κ1) is 28.3. The van der Waals surface area contributed by atoms with Crippen LogP contribution in [0.15, 0.2) is 100 Å². The summed E-state index contributed by atoms with van der Waals surface area (Å²) >= 11 is 2.76. The number of non-ortho nitro benzene ring substituents is 1. The van der Waals surface area contributed by atoms with Gasteiger partial charge in [0, 0.05) is 28.3 Å². The molecule has 0 aliphatic carbocycles. The second kappa shape index (κ2) is 13.4. The van der Waals surface area contributed by atoms with Crippen LogP contribution >= 0.6 is 23.1 Å². The van der Waals surface area contributed by atoms with Gasteiger partial charge in [-0.15, -0.1) is 11.8 Å². The highest BCUT2D eigenvalue weighted by atomic mass is 32.2. The molecular formula is C29H24N4O5S2. The number of nitro benzene ring substituents is 1. The predicted molar refractivity (Wildman–Crippen MR) is 158 cm³/mol.